The summed E-state index contributed by atoms with van der Waals surface area (Å²) >= 11 is 0. The summed E-state index contributed by atoms with van der Waals surface area (Å²) in [7, 11) is 0. The zero-order valence-corrected chi connectivity index (χ0v) is 18.9. The molecule has 2 aromatic heterocycles. The molecule has 0 bridgehead atoms. The Hall–Kier alpha value is -4.08. The number of nitrogens with one attached hydrogen (secondary N) is 2. The van der Waals surface area contributed by atoms with Gasteiger partial charge in [0, 0.05) is 35.2 Å². The molecule has 7 rings (SSSR count). The molecular formula is C26H19F3N4O3. The number of anilines is 1. The number of nitrogens with zero attached hydrogens (tertiary/aromatic N) is 2. The third-order valence-corrected chi connectivity index (χ3v) is 7.09. The van der Waals surface area contributed by atoms with Crippen LogP contribution in [0, 0.1) is 6.92 Å². The summed E-state index contributed by atoms with van der Waals surface area (Å²) in [5, 5.41) is 2.79. The maximum atomic E-state index is 13.1. The topological polar surface area (TPSA) is 89.1 Å². The maximum absolute atomic E-state index is 13.1. The number of carbonyl (C=O) groups excluding carboxylic acids is 1. The van der Waals surface area contributed by atoms with Crippen molar-refractivity contribution in [3.63, 3.8) is 0 Å². The molecule has 3 atom stereocenters. The predicted molar refractivity (Wildman–Crippen MR) is 123 cm³/mol. The highest BCUT2D eigenvalue weighted by atomic mass is 19.4. The molecule has 36 heavy (non-hydrogen) atoms. The quantitative estimate of drug-likeness (QED) is 0.389. The number of alkyl halides is 3. The number of amides is 1. The fourth-order valence-corrected chi connectivity index (χ4v) is 5.27. The van der Waals surface area contributed by atoms with Crippen LogP contribution < -0.4 is 14.8 Å². The van der Waals surface area contributed by atoms with E-state index >= 15 is 0 Å². The minimum atomic E-state index is -4.41. The van der Waals surface area contributed by atoms with E-state index in [9.17, 15) is 18.0 Å². The molecule has 7 nitrogen and oxygen atoms in total. The Morgan fingerprint density at radius 2 is 1.97 bits per heavy atom. The molecule has 0 saturated heterocycles. The molecule has 10 heteroatoms. The highest BCUT2D eigenvalue weighted by Gasteiger charge is 2.61. The van der Waals surface area contributed by atoms with Crippen molar-refractivity contribution in [3.8, 4) is 17.2 Å². The number of aryl methyl sites for hydroxylation is 1. The third kappa shape index (κ3) is 3.24. The summed E-state index contributed by atoms with van der Waals surface area (Å²) in [5.74, 6) is 3.13. The first-order valence-electron chi connectivity index (χ1n) is 11.6. The van der Waals surface area contributed by atoms with Gasteiger partial charge in [-0.3, -0.25) is 4.79 Å². The summed E-state index contributed by atoms with van der Waals surface area (Å²) in [6, 6.07) is 9.17. The van der Waals surface area contributed by atoms with E-state index in [0.717, 1.165) is 34.6 Å². The number of ether oxygens (including phenoxy) is 2. The number of pyridine rings is 1. The summed E-state index contributed by atoms with van der Waals surface area (Å²) in [6.45, 7) is 1.91. The normalized spacial score (nSPS) is 21.9. The molecule has 2 aromatic carbocycles. The molecule has 2 N–H and O–H groups in total. The lowest BCUT2D eigenvalue weighted by atomic mass is 10.0. The second kappa shape index (κ2) is 7.22. The van der Waals surface area contributed by atoms with Gasteiger partial charge in [-0.2, -0.15) is 13.2 Å². The van der Waals surface area contributed by atoms with E-state index in [1.54, 1.807) is 6.20 Å². The average Bonchev–Trinajstić information content (AvgIpc) is 3.18. The van der Waals surface area contributed by atoms with E-state index < -0.39 is 11.7 Å². The van der Waals surface area contributed by atoms with Gasteiger partial charge in [-0.1, -0.05) is 0 Å². The first kappa shape index (κ1) is 21.2. The van der Waals surface area contributed by atoms with E-state index in [-0.39, 0.29) is 23.8 Å². The molecular weight excluding hydrogens is 473 g/mol. The number of imidazole rings is 1. The van der Waals surface area contributed by atoms with Crippen LogP contribution in [0.4, 0.5) is 19.0 Å². The third-order valence-electron chi connectivity index (χ3n) is 7.09. The van der Waals surface area contributed by atoms with Gasteiger partial charge in [-0.25, -0.2) is 9.97 Å². The molecule has 1 fully saturated rings. The number of fused-ring (bicyclic) bond motifs is 5. The minimum Gasteiger partial charge on any atom is -0.489 e. The summed E-state index contributed by atoms with van der Waals surface area (Å²) < 4.78 is 51.7. The van der Waals surface area contributed by atoms with Crippen LogP contribution in [-0.4, -0.2) is 27.0 Å². The molecule has 0 spiro atoms. The SMILES string of the molecule is Cc1cnc2c(c1Oc1ccc3c(c1)C1C(O3)C1c1nc3ccc(C(F)(F)F)cc3[nH]1)CCC(=O)N2. The molecule has 1 amide bonds. The maximum Gasteiger partial charge on any atom is 0.416 e. The van der Waals surface area contributed by atoms with Gasteiger partial charge in [-0.05, 0) is 49.7 Å². The molecule has 182 valence electrons. The van der Waals surface area contributed by atoms with Gasteiger partial charge in [0.05, 0.1) is 22.5 Å². The summed E-state index contributed by atoms with van der Waals surface area (Å²) in [5.41, 5.74) is 2.85. The Labute approximate surface area is 202 Å². The number of carbonyl (C=O) groups is 1. The lowest BCUT2D eigenvalue weighted by molar-refractivity contribution is -0.137. The molecule has 1 aliphatic carbocycles. The van der Waals surface area contributed by atoms with Crippen molar-refractivity contribution in [1.29, 1.82) is 0 Å². The van der Waals surface area contributed by atoms with Crippen molar-refractivity contribution in [1.82, 2.24) is 15.0 Å². The zero-order chi connectivity index (χ0) is 24.8. The van der Waals surface area contributed by atoms with Crippen LogP contribution in [0.25, 0.3) is 11.0 Å². The van der Waals surface area contributed by atoms with Crippen LogP contribution in [0.3, 0.4) is 0 Å². The number of hydrogen-bond donors (Lipinski definition) is 2. The van der Waals surface area contributed by atoms with Crippen LogP contribution in [-0.2, 0) is 17.4 Å². The summed E-state index contributed by atoms with van der Waals surface area (Å²) in [4.78, 5) is 23.7. The highest BCUT2D eigenvalue weighted by Crippen LogP contribution is 2.63. The Kier molecular flexibility index (Phi) is 4.26. The first-order valence-corrected chi connectivity index (χ1v) is 11.6. The van der Waals surface area contributed by atoms with Crippen molar-refractivity contribution in [2.24, 2.45) is 0 Å². The fourth-order valence-electron chi connectivity index (χ4n) is 5.27. The van der Waals surface area contributed by atoms with Crippen LogP contribution in [0.5, 0.6) is 17.2 Å². The van der Waals surface area contributed by atoms with Gasteiger partial charge in [0.15, 0.2) is 0 Å². The highest BCUT2D eigenvalue weighted by molar-refractivity contribution is 5.93. The number of H-pyrrole nitrogens is 1. The van der Waals surface area contributed by atoms with Crippen molar-refractivity contribution in [2.45, 2.75) is 43.9 Å². The molecule has 4 aromatic rings. The van der Waals surface area contributed by atoms with Gasteiger partial charge in [-0.15, -0.1) is 0 Å². The monoisotopic (exact) mass is 492 g/mol. The predicted octanol–water partition coefficient (Wildman–Crippen LogP) is 5.60. The standard InChI is InChI=1S/C26H19F3N4O3/c1-11-10-30-24-14(4-7-19(34)33-24)22(11)35-13-3-6-18-15(9-13)20-21(23(20)36-18)25-31-16-5-2-12(26(27,28)29)8-17(16)32-25/h2-3,5-6,8-10,20-21,23H,4,7H2,1H3,(H,31,32)(H,30,33,34). The lowest BCUT2D eigenvalue weighted by Gasteiger charge is -2.21. The van der Waals surface area contributed by atoms with Gasteiger partial charge in [0.2, 0.25) is 5.91 Å². The summed E-state index contributed by atoms with van der Waals surface area (Å²) in [6.07, 6.45) is -1.93. The average molecular weight is 492 g/mol. The number of aromatic amines is 1. The number of aromatic nitrogens is 3. The van der Waals surface area contributed by atoms with E-state index in [2.05, 4.69) is 20.3 Å². The van der Waals surface area contributed by atoms with E-state index in [4.69, 9.17) is 9.47 Å². The lowest BCUT2D eigenvalue weighted by Crippen LogP contribution is -2.20. The largest absolute Gasteiger partial charge is 0.489 e. The van der Waals surface area contributed by atoms with Crippen LogP contribution >= 0.6 is 0 Å². The molecule has 0 radical (unpaired) electrons. The second-order valence-electron chi connectivity index (χ2n) is 9.43. The molecule has 1 saturated carbocycles. The Morgan fingerprint density at radius 3 is 2.81 bits per heavy atom. The zero-order valence-electron chi connectivity index (χ0n) is 18.9. The van der Waals surface area contributed by atoms with Gasteiger partial charge < -0.3 is 19.8 Å². The molecule has 3 unspecified atom stereocenters. The number of halogens is 3. The van der Waals surface area contributed by atoms with Crippen LogP contribution in [0.1, 0.15) is 46.3 Å². The smallest absolute Gasteiger partial charge is 0.416 e. The van der Waals surface area contributed by atoms with Crippen molar-refractivity contribution < 1.29 is 27.4 Å². The Balaban J connectivity index is 1.17. The molecule has 2 aliphatic heterocycles. The molecule has 3 aliphatic rings. The number of benzene rings is 2. The fraction of sp³-hybridized carbons (Fsp3) is 0.269. The second-order valence-corrected chi connectivity index (χ2v) is 9.43. The van der Waals surface area contributed by atoms with Crippen molar-refractivity contribution >= 4 is 22.8 Å². The minimum absolute atomic E-state index is 0.0398. The van der Waals surface area contributed by atoms with Crippen LogP contribution in [0.15, 0.2) is 42.6 Å². The van der Waals surface area contributed by atoms with Gasteiger partial charge >= 0.3 is 6.18 Å². The van der Waals surface area contributed by atoms with E-state index in [0.29, 0.717) is 47.0 Å². The Bertz CT molecular complexity index is 1580. The van der Waals surface area contributed by atoms with Crippen molar-refractivity contribution in [3.05, 3.63) is 70.7 Å². The van der Waals surface area contributed by atoms with E-state index in [1.165, 1.54) is 6.07 Å². The Morgan fingerprint density at radius 1 is 1.11 bits per heavy atom. The van der Waals surface area contributed by atoms with Crippen molar-refractivity contribution in [2.75, 3.05) is 5.32 Å². The van der Waals surface area contributed by atoms with E-state index in [1.807, 2.05) is 25.1 Å². The number of hydrogen-bond acceptors (Lipinski definition) is 5. The first-order chi connectivity index (χ1) is 17.3. The van der Waals surface area contributed by atoms with Gasteiger partial charge in [0.1, 0.15) is 35.0 Å². The van der Waals surface area contributed by atoms with Crippen LogP contribution in [0.2, 0.25) is 0 Å². The van der Waals surface area contributed by atoms with Gasteiger partial charge in [0.25, 0.3) is 0 Å². The number of rotatable bonds is 3. The molecule has 4 heterocycles.